The van der Waals surface area contributed by atoms with Crippen LogP contribution in [0.2, 0.25) is 0 Å². The largest absolute Gasteiger partial charge is 0.291 e. The fourth-order valence-electron chi connectivity index (χ4n) is 3.01. The summed E-state index contributed by atoms with van der Waals surface area (Å²) in [6.07, 6.45) is 4.02. The van der Waals surface area contributed by atoms with E-state index in [1.807, 2.05) is 6.92 Å². The number of aryl methyl sites for hydroxylation is 1. The smallest absolute Gasteiger partial charge is 0.258 e. The summed E-state index contributed by atoms with van der Waals surface area (Å²) >= 11 is 0. The van der Waals surface area contributed by atoms with E-state index in [2.05, 4.69) is 20.5 Å². The molecule has 0 aliphatic carbocycles. The molecule has 2 aromatic rings. The Morgan fingerprint density at radius 2 is 2.16 bits per heavy atom. The van der Waals surface area contributed by atoms with E-state index in [0.717, 1.165) is 19.3 Å². The van der Waals surface area contributed by atoms with E-state index in [-0.39, 0.29) is 16.9 Å². The SMILES string of the molecule is Cc1ccc(S(=O)(=O)N2CCCCC2C)cc1C(=O)Nc1ncn[nH]1. The van der Waals surface area contributed by atoms with Gasteiger partial charge in [0.05, 0.1) is 4.90 Å². The predicted molar refractivity (Wildman–Crippen MR) is 92.7 cm³/mol. The van der Waals surface area contributed by atoms with Crippen molar-refractivity contribution < 1.29 is 13.2 Å². The van der Waals surface area contributed by atoms with Crippen LogP contribution in [0.15, 0.2) is 29.4 Å². The second-order valence-electron chi connectivity index (χ2n) is 6.23. The van der Waals surface area contributed by atoms with Gasteiger partial charge < -0.3 is 0 Å². The number of carbonyl (C=O) groups is 1. The molecular formula is C16H21N5O3S. The van der Waals surface area contributed by atoms with Crippen LogP contribution in [0.3, 0.4) is 0 Å². The molecule has 25 heavy (non-hydrogen) atoms. The number of aromatic amines is 1. The van der Waals surface area contributed by atoms with Crippen molar-refractivity contribution >= 4 is 21.9 Å². The molecule has 1 aliphatic rings. The van der Waals surface area contributed by atoms with E-state index in [1.54, 1.807) is 19.1 Å². The van der Waals surface area contributed by atoms with Gasteiger partial charge in [-0.25, -0.2) is 13.5 Å². The molecule has 2 N–H and O–H groups in total. The molecule has 0 bridgehead atoms. The van der Waals surface area contributed by atoms with Crippen molar-refractivity contribution in [1.82, 2.24) is 19.5 Å². The Kier molecular flexibility index (Phi) is 4.87. The fraction of sp³-hybridized carbons (Fsp3) is 0.438. The number of anilines is 1. The summed E-state index contributed by atoms with van der Waals surface area (Å²) in [6.45, 7) is 4.19. The summed E-state index contributed by atoms with van der Waals surface area (Å²) in [4.78, 5) is 16.4. The molecule has 8 nitrogen and oxygen atoms in total. The highest BCUT2D eigenvalue weighted by Gasteiger charge is 2.31. The summed E-state index contributed by atoms with van der Waals surface area (Å²) in [5, 5.41) is 8.77. The third-order valence-corrected chi connectivity index (χ3v) is 6.46. The van der Waals surface area contributed by atoms with Gasteiger partial charge in [-0.15, -0.1) is 0 Å². The van der Waals surface area contributed by atoms with Crippen molar-refractivity contribution in [2.75, 3.05) is 11.9 Å². The minimum Gasteiger partial charge on any atom is -0.291 e. The van der Waals surface area contributed by atoms with Gasteiger partial charge in [0.2, 0.25) is 16.0 Å². The second kappa shape index (κ2) is 6.93. The Labute approximate surface area is 146 Å². The van der Waals surface area contributed by atoms with Gasteiger partial charge in [-0.05, 0) is 44.4 Å². The molecule has 1 aromatic carbocycles. The van der Waals surface area contributed by atoms with Crippen LogP contribution in [0.1, 0.15) is 42.1 Å². The normalized spacial score (nSPS) is 18.9. The number of benzene rings is 1. The van der Waals surface area contributed by atoms with Crippen molar-refractivity contribution in [2.24, 2.45) is 0 Å². The van der Waals surface area contributed by atoms with Crippen molar-refractivity contribution in [1.29, 1.82) is 0 Å². The van der Waals surface area contributed by atoms with Crippen molar-refractivity contribution in [3.8, 4) is 0 Å². The quantitative estimate of drug-likeness (QED) is 0.863. The first-order valence-corrected chi connectivity index (χ1v) is 9.63. The van der Waals surface area contributed by atoms with Gasteiger partial charge in [0.25, 0.3) is 5.91 Å². The summed E-state index contributed by atoms with van der Waals surface area (Å²) in [6, 6.07) is 4.60. The lowest BCUT2D eigenvalue weighted by Crippen LogP contribution is -2.42. The minimum atomic E-state index is -3.63. The highest BCUT2D eigenvalue weighted by Crippen LogP contribution is 2.26. The lowest BCUT2D eigenvalue weighted by Gasteiger charge is -2.32. The third-order valence-electron chi connectivity index (χ3n) is 4.45. The number of rotatable bonds is 4. The van der Waals surface area contributed by atoms with E-state index < -0.39 is 15.9 Å². The number of aromatic nitrogens is 3. The van der Waals surface area contributed by atoms with Crippen LogP contribution in [-0.4, -0.2) is 46.4 Å². The Hall–Kier alpha value is -2.26. The second-order valence-corrected chi connectivity index (χ2v) is 8.12. The van der Waals surface area contributed by atoms with Crippen LogP contribution in [0.25, 0.3) is 0 Å². The van der Waals surface area contributed by atoms with Gasteiger partial charge in [-0.1, -0.05) is 12.5 Å². The third kappa shape index (κ3) is 3.57. The Bertz CT molecular complexity index is 864. The molecule has 1 fully saturated rings. The van der Waals surface area contributed by atoms with Crippen molar-refractivity contribution in [3.05, 3.63) is 35.7 Å². The monoisotopic (exact) mass is 363 g/mol. The average molecular weight is 363 g/mol. The maximum Gasteiger partial charge on any atom is 0.258 e. The summed E-state index contributed by atoms with van der Waals surface area (Å²) in [7, 11) is -3.63. The van der Waals surface area contributed by atoms with E-state index >= 15 is 0 Å². The van der Waals surface area contributed by atoms with Crippen molar-refractivity contribution in [3.63, 3.8) is 0 Å². The number of hydrogen-bond acceptors (Lipinski definition) is 5. The van der Waals surface area contributed by atoms with Crippen molar-refractivity contribution in [2.45, 2.75) is 44.0 Å². The number of carbonyl (C=O) groups excluding carboxylic acids is 1. The molecule has 0 radical (unpaired) electrons. The van der Waals surface area contributed by atoms with Crippen LogP contribution in [0, 0.1) is 6.92 Å². The molecule has 1 atom stereocenters. The zero-order valence-electron chi connectivity index (χ0n) is 14.2. The molecule has 0 spiro atoms. The standard InChI is InChI=1S/C16H21N5O3S/c1-11-6-7-13(25(23,24)21-8-4-3-5-12(21)2)9-14(11)15(22)19-16-17-10-18-20-16/h6-7,9-10,12H,3-5,8H2,1-2H3,(H2,17,18,19,20,22). The minimum absolute atomic E-state index is 0.0356. The fourth-order valence-corrected chi connectivity index (χ4v) is 4.74. The lowest BCUT2D eigenvalue weighted by atomic mass is 10.1. The summed E-state index contributed by atoms with van der Waals surface area (Å²) < 4.78 is 27.5. The summed E-state index contributed by atoms with van der Waals surface area (Å²) in [5.74, 6) is -0.222. The van der Waals surface area contributed by atoms with Gasteiger partial charge in [-0.3, -0.25) is 10.1 Å². The number of hydrogen-bond donors (Lipinski definition) is 2. The van der Waals surface area contributed by atoms with Crippen LogP contribution in [-0.2, 0) is 10.0 Å². The molecule has 9 heteroatoms. The molecular weight excluding hydrogens is 342 g/mol. The van der Waals surface area contributed by atoms with Gasteiger partial charge in [-0.2, -0.15) is 14.4 Å². The van der Waals surface area contributed by atoms with Crippen LogP contribution in [0.5, 0.6) is 0 Å². The summed E-state index contributed by atoms with van der Waals surface area (Å²) in [5.41, 5.74) is 0.977. The molecule has 3 rings (SSSR count). The molecule has 134 valence electrons. The molecule has 0 saturated carbocycles. The van der Waals surface area contributed by atoms with Gasteiger partial charge >= 0.3 is 0 Å². The average Bonchev–Trinajstić information content (AvgIpc) is 3.08. The zero-order valence-corrected chi connectivity index (χ0v) is 15.0. The first kappa shape index (κ1) is 17.6. The van der Waals surface area contributed by atoms with E-state index in [9.17, 15) is 13.2 Å². The Morgan fingerprint density at radius 3 is 2.84 bits per heavy atom. The predicted octanol–water partition coefficient (Wildman–Crippen LogP) is 1.93. The van der Waals surface area contributed by atoms with E-state index in [0.29, 0.717) is 17.7 Å². The van der Waals surface area contributed by atoms with Gasteiger partial charge in [0.1, 0.15) is 6.33 Å². The first-order valence-electron chi connectivity index (χ1n) is 8.19. The molecule has 1 saturated heterocycles. The van der Waals surface area contributed by atoms with Crippen LogP contribution >= 0.6 is 0 Å². The first-order chi connectivity index (χ1) is 11.9. The maximum absolute atomic E-state index is 13.0. The molecule has 1 aromatic heterocycles. The van der Waals surface area contributed by atoms with Gasteiger partial charge in [0.15, 0.2) is 0 Å². The number of piperidine rings is 1. The number of amides is 1. The highest BCUT2D eigenvalue weighted by molar-refractivity contribution is 7.89. The molecule has 1 amide bonds. The number of H-pyrrole nitrogens is 1. The van der Waals surface area contributed by atoms with E-state index in [1.165, 1.54) is 16.7 Å². The topological polar surface area (TPSA) is 108 Å². The molecule has 1 unspecified atom stereocenters. The zero-order chi connectivity index (χ0) is 18.0. The number of nitrogens with one attached hydrogen (secondary N) is 2. The molecule has 2 heterocycles. The maximum atomic E-state index is 13.0. The Morgan fingerprint density at radius 1 is 1.36 bits per heavy atom. The number of nitrogens with zero attached hydrogens (tertiary/aromatic N) is 3. The van der Waals surface area contributed by atoms with E-state index in [4.69, 9.17) is 0 Å². The van der Waals surface area contributed by atoms with Crippen LogP contribution in [0.4, 0.5) is 5.95 Å². The lowest BCUT2D eigenvalue weighted by molar-refractivity contribution is 0.102. The van der Waals surface area contributed by atoms with Gasteiger partial charge in [0, 0.05) is 18.2 Å². The van der Waals surface area contributed by atoms with Crippen LogP contribution < -0.4 is 5.32 Å². The Balaban J connectivity index is 1.91. The highest BCUT2D eigenvalue weighted by atomic mass is 32.2. The number of sulfonamides is 1. The molecule has 1 aliphatic heterocycles.